The lowest BCUT2D eigenvalue weighted by Crippen LogP contribution is -2.31. The Hall–Kier alpha value is -1.30. The topological polar surface area (TPSA) is 32.3 Å². The number of thioether (sulfide) groups is 1. The first-order valence-electron chi connectivity index (χ1n) is 7.87. The SMILES string of the molecule is CC(Sc1ccc(Br)cc1)C(=O)NCc1ccccc1CN(C)C. The quantitative estimate of drug-likeness (QED) is 0.695. The summed E-state index contributed by atoms with van der Waals surface area (Å²) in [4.78, 5) is 15.6. The molecule has 0 aromatic heterocycles. The van der Waals surface area contributed by atoms with E-state index in [1.54, 1.807) is 11.8 Å². The van der Waals surface area contributed by atoms with Crippen LogP contribution in [0.4, 0.5) is 0 Å². The van der Waals surface area contributed by atoms with E-state index in [9.17, 15) is 4.79 Å². The number of halogens is 1. The second-order valence-corrected chi connectivity index (χ2v) is 8.27. The summed E-state index contributed by atoms with van der Waals surface area (Å²) < 4.78 is 1.04. The van der Waals surface area contributed by atoms with E-state index in [0.717, 1.165) is 15.9 Å². The molecule has 3 nitrogen and oxygen atoms in total. The monoisotopic (exact) mass is 406 g/mol. The number of hydrogen-bond acceptors (Lipinski definition) is 3. The molecule has 2 aromatic rings. The molecule has 0 aliphatic rings. The second-order valence-electron chi connectivity index (χ2n) is 5.94. The fourth-order valence-corrected chi connectivity index (χ4v) is 3.48. The fourth-order valence-electron chi connectivity index (χ4n) is 2.32. The molecule has 1 atom stereocenters. The Kier molecular flexibility index (Phi) is 7.34. The van der Waals surface area contributed by atoms with Gasteiger partial charge in [-0.15, -0.1) is 11.8 Å². The van der Waals surface area contributed by atoms with Gasteiger partial charge in [0.25, 0.3) is 0 Å². The molecular weight excluding hydrogens is 384 g/mol. The molecule has 0 heterocycles. The molecule has 1 amide bonds. The van der Waals surface area contributed by atoms with Gasteiger partial charge in [0.05, 0.1) is 5.25 Å². The highest BCUT2D eigenvalue weighted by Crippen LogP contribution is 2.25. The molecule has 0 saturated carbocycles. The molecule has 0 spiro atoms. The molecule has 128 valence electrons. The first kappa shape index (κ1) is 19.0. The van der Waals surface area contributed by atoms with Gasteiger partial charge in [-0.2, -0.15) is 0 Å². The Morgan fingerprint density at radius 1 is 1.12 bits per heavy atom. The highest BCUT2D eigenvalue weighted by atomic mass is 79.9. The van der Waals surface area contributed by atoms with Crippen molar-refractivity contribution in [2.75, 3.05) is 14.1 Å². The van der Waals surface area contributed by atoms with Crippen LogP contribution in [0.3, 0.4) is 0 Å². The van der Waals surface area contributed by atoms with Crippen LogP contribution in [-0.2, 0) is 17.9 Å². The minimum atomic E-state index is -0.132. The van der Waals surface area contributed by atoms with Gasteiger partial charge in [0.1, 0.15) is 0 Å². The highest BCUT2D eigenvalue weighted by Gasteiger charge is 2.14. The standard InChI is InChI=1S/C19H23BrN2OS/c1-14(24-18-10-8-17(20)9-11-18)19(23)21-12-15-6-4-5-7-16(15)13-22(2)3/h4-11,14H,12-13H2,1-3H3,(H,21,23). The maximum atomic E-state index is 12.4. The Bertz CT molecular complexity index is 673. The third kappa shape index (κ3) is 5.96. The maximum Gasteiger partial charge on any atom is 0.233 e. The summed E-state index contributed by atoms with van der Waals surface area (Å²) in [7, 11) is 4.10. The summed E-state index contributed by atoms with van der Waals surface area (Å²) in [5.41, 5.74) is 2.41. The number of hydrogen-bond donors (Lipinski definition) is 1. The summed E-state index contributed by atoms with van der Waals surface area (Å²) in [5.74, 6) is 0.0579. The van der Waals surface area contributed by atoms with E-state index in [1.807, 2.05) is 57.4 Å². The average molecular weight is 407 g/mol. The van der Waals surface area contributed by atoms with Crippen LogP contribution in [0.2, 0.25) is 0 Å². The molecule has 1 unspecified atom stereocenters. The molecule has 0 radical (unpaired) electrons. The number of rotatable bonds is 7. The zero-order valence-electron chi connectivity index (χ0n) is 14.3. The Labute approximate surface area is 157 Å². The highest BCUT2D eigenvalue weighted by molar-refractivity contribution is 9.10. The van der Waals surface area contributed by atoms with Crippen LogP contribution < -0.4 is 5.32 Å². The first-order valence-corrected chi connectivity index (χ1v) is 9.54. The van der Waals surface area contributed by atoms with E-state index in [-0.39, 0.29) is 11.2 Å². The van der Waals surface area contributed by atoms with E-state index in [2.05, 4.69) is 38.3 Å². The number of amides is 1. The number of carbonyl (C=O) groups is 1. The first-order chi connectivity index (χ1) is 11.5. The molecule has 0 aliphatic heterocycles. The van der Waals surface area contributed by atoms with Crippen molar-refractivity contribution < 1.29 is 4.79 Å². The third-order valence-electron chi connectivity index (χ3n) is 3.55. The Morgan fingerprint density at radius 2 is 1.75 bits per heavy atom. The lowest BCUT2D eigenvalue weighted by Gasteiger charge is -2.16. The van der Waals surface area contributed by atoms with Gasteiger partial charge in [-0.05, 0) is 56.4 Å². The lowest BCUT2D eigenvalue weighted by atomic mass is 10.1. The molecule has 0 bridgehead atoms. The molecule has 0 aliphatic carbocycles. The van der Waals surface area contributed by atoms with Crippen molar-refractivity contribution in [1.82, 2.24) is 10.2 Å². The normalized spacial score (nSPS) is 12.2. The van der Waals surface area contributed by atoms with Gasteiger partial charge in [0.15, 0.2) is 0 Å². The van der Waals surface area contributed by atoms with Gasteiger partial charge in [0.2, 0.25) is 5.91 Å². The van der Waals surface area contributed by atoms with Crippen LogP contribution in [0.15, 0.2) is 57.9 Å². The van der Waals surface area contributed by atoms with Crippen LogP contribution >= 0.6 is 27.7 Å². The van der Waals surface area contributed by atoms with Crippen molar-refractivity contribution in [3.8, 4) is 0 Å². The summed E-state index contributed by atoms with van der Waals surface area (Å²) in [6.45, 7) is 3.37. The molecule has 1 N–H and O–H groups in total. The number of benzene rings is 2. The van der Waals surface area contributed by atoms with Crippen molar-refractivity contribution in [2.45, 2.75) is 30.2 Å². The van der Waals surface area contributed by atoms with Crippen LogP contribution in [0.5, 0.6) is 0 Å². The molecule has 2 rings (SSSR count). The minimum absolute atomic E-state index is 0.0579. The summed E-state index contributed by atoms with van der Waals surface area (Å²) in [6.07, 6.45) is 0. The average Bonchev–Trinajstić information content (AvgIpc) is 2.55. The molecule has 0 fully saturated rings. The van der Waals surface area contributed by atoms with Gasteiger partial charge >= 0.3 is 0 Å². The lowest BCUT2D eigenvalue weighted by molar-refractivity contribution is -0.120. The predicted octanol–water partition coefficient (Wildman–Crippen LogP) is 4.31. The molecule has 0 saturated heterocycles. The smallest absolute Gasteiger partial charge is 0.233 e. The van der Waals surface area contributed by atoms with E-state index in [4.69, 9.17) is 0 Å². The maximum absolute atomic E-state index is 12.4. The summed E-state index contributed by atoms with van der Waals surface area (Å²) >= 11 is 4.99. The minimum Gasteiger partial charge on any atom is -0.351 e. The van der Waals surface area contributed by atoms with Crippen LogP contribution in [0.25, 0.3) is 0 Å². The van der Waals surface area contributed by atoms with Gasteiger partial charge < -0.3 is 10.2 Å². The van der Waals surface area contributed by atoms with Gasteiger partial charge in [-0.25, -0.2) is 0 Å². The number of carbonyl (C=O) groups excluding carboxylic acids is 1. The zero-order chi connectivity index (χ0) is 17.5. The van der Waals surface area contributed by atoms with Crippen molar-refractivity contribution in [3.05, 3.63) is 64.1 Å². The molecule has 24 heavy (non-hydrogen) atoms. The van der Waals surface area contributed by atoms with Crippen molar-refractivity contribution in [1.29, 1.82) is 0 Å². The van der Waals surface area contributed by atoms with Crippen molar-refractivity contribution in [3.63, 3.8) is 0 Å². The van der Waals surface area contributed by atoms with Gasteiger partial charge in [0, 0.05) is 22.5 Å². The zero-order valence-corrected chi connectivity index (χ0v) is 16.7. The largest absolute Gasteiger partial charge is 0.351 e. The molecule has 5 heteroatoms. The fraction of sp³-hybridized carbons (Fsp3) is 0.316. The van der Waals surface area contributed by atoms with Crippen LogP contribution in [0, 0.1) is 0 Å². The Balaban J connectivity index is 1.91. The summed E-state index contributed by atoms with van der Waals surface area (Å²) in [5, 5.41) is 2.92. The van der Waals surface area contributed by atoms with Crippen LogP contribution in [0.1, 0.15) is 18.1 Å². The van der Waals surface area contributed by atoms with E-state index in [1.165, 1.54) is 11.1 Å². The third-order valence-corrected chi connectivity index (χ3v) is 5.19. The molecule has 2 aromatic carbocycles. The summed E-state index contributed by atoms with van der Waals surface area (Å²) in [6, 6.07) is 16.3. The Morgan fingerprint density at radius 3 is 2.38 bits per heavy atom. The number of nitrogens with zero attached hydrogens (tertiary/aromatic N) is 1. The van der Waals surface area contributed by atoms with E-state index < -0.39 is 0 Å². The van der Waals surface area contributed by atoms with Crippen LogP contribution in [-0.4, -0.2) is 30.2 Å². The number of nitrogens with one attached hydrogen (secondary N) is 1. The van der Waals surface area contributed by atoms with Crippen molar-refractivity contribution in [2.24, 2.45) is 0 Å². The second kappa shape index (κ2) is 9.25. The van der Waals surface area contributed by atoms with Crippen molar-refractivity contribution >= 4 is 33.6 Å². The van der Waals surface area contributed by atoms with E-state index in [0.29, 0.717) is 6.54 Å². The predicted molar refractivity (Wildman–Crippen MR) is 105 cm³/mol. The molecular formula is C19H23BrN2OS. The van der Waals surface area contributed by atoms with E-state index >= 15 is 0 Å². The van der Waals surface area contributed by atoms with Gasteiger partial charge in [-0.3, -0.25) is 4.79 Å². The van der Waals surface area contributed by atoms with Gasteiger partial charge in [-0.1, -0.05) is 40.2 Å².